The van der Waals surface area contributed by atoms with Gasteiger partial charge in [-0.25, -0.2) is 9.86 Å². The minimum Gasteiger partial charge on any atom is -0.465 e. The summed E-state index contributed by atoms with van der Waals surface area (Å²) in [6.07, 6.45) is -0.871. The predicted octanol–water partition coefficient (Wildman–Crippen LogP) is 1.26. The summed E-state index contributed by atoms with van der Waals surface area (Å²) < 4.78 is 0. The van der Waals surface area contributed by atoms with Gasteiger partial charge in [0.25, 0.3) is 0 Å². The molecule has 1 unspecified atom stereocenters. The normalized spacial score (nSPS) is 18.7. The summed E-state index contributed by atoms with van der Waals surface area (Å²) in [5.41, 5.74) is 1.18. The second kappa shape index (κ2) is 7.94. The molecule has 1 aliphatic heterocycles. The topological polar surface area (TPSA) is 73.3 Å². The van der Waals surface area contributed by atoms with Crippen molar-refractivity contribution in [3.8, 4) is 0 Å². The average Bonchev–Trinajstić information content (AvgIpc) is 2.55. The van der Waals surface area contributed by atoms with E-state index in [9.17, 15) is 14.7 Å². The quantitative estimate of drug-likeness (QED) is 0.827. The number of carbonyl (C=O) groups excluding carboxylic acids is 1. The van der Waals surface area contributed by atoms with Gasteiger partial charge in [-0.1, -0.05) is 30.3 Å². The molecule has 2 amide bonds. The molecule has 0 spiro atoms. The summed E-state index contributed by atoms with van der Waals surface area (Å²) in [5.74, 6) is -0.231. The number of carbonyl (C=O) groups is 2. The fraction of sp³-hybridized carbons (Fsp3) is 0.500. The molecule has 0 bridgehead atoms. The lowest BCUT2D eigenvalue weighted by molar-refractivity contribution is -0.170. The molecule has 126 valence electrons. The molecule has 0 aliphatic carbocycles. The van der Waals surface area contributed by atoms with Crippen LogP contribution in [0.4, 0.5) is 4.79 Å². The number of hydrogen-bond acceptors (Lipinski definition) is 4. The first kappa shape index (κ1) is 17.2. The van der Waals surface area contributed by atoms with Gasteiger partial charge < -0.3 is 10.0 Å². The van der Waals surface area contributed by atoms with Crippen molar-refractivity contribution >= 4 is 12.0 Å². The Hall–Kier alpha value is -2.12. The highest BCUT2D eigenvalue weighted by atomic mass is 16.7. The summed E-state index contributed by atoms with van der Waals surface area (Å²) in [5, 5.41) is 10.5. The lowest BCUT2D eigenvalue weighted by atomic mass is 10.1. The van der Waals surface area contributed by atoms with Gasteiger partial charge in [0.2, 0.25) is 5.91 Å². The van der Waals surface area contributed by atoms with E-state index in [2.05, 4.69) is 4.90 Å². The van der Waals surface area contributed by atoms with Crippen molar-refractivity contribution in [2.45, 2.75) is 19.0 Å². The molecule has 7 heteroatoms. The number of amides is 2. The molecule has 1 aliphatic rings. The highest BCUT2D eigenvalue weighted by molar-refractivity contribution is 5.76. The monoisotopic (exact) mass is 321 g/mol. The molecule has 1 saturated heterocycles. The van der Waals surface area contributed by atoms with Crippen LogP contribution in [0, 0.1) is 0 Å². The first-order chi connectivity index (χ1) is 11.0. The van der Waals surface area contributed by atoms with Crippen molar-refractivity contribution in [2.24, 2.45) is 0 Å². The van der Waals surface area contributed by atoms with E-state index >= 15 is 0 Å². The van der Waals surface area contributed by atoms with Gasteiger partial charge in [0.1, 0.15) is 0 Å². The minimum absolute atomic E-state index is 0.113. The molecule has 2 rings (SSSR count). The molecule has 23 heavy (non-hydrogen) atoms. The number of nitrogens with zero attached hydrogens (tertiary/aromatic N) is 3. The fourth-order valence-corrected chi connectivity index (χ4v) is 2.76. The van der Waals surface area contributed by atoms with Gasteiger partial charge in [-0.3, -0.25) is 14.5 Å². The smallest absolute Gasteiger partial charge is 0.407 e. The van der Waals surface area contributed by atoms with E-state index in [0.717, 1.165) is 11.6 Å². The number of piperazine rings is 1. The molecule has 0 saturated carbocycles. The molecule has 7 nitrogen and oxygen atoms in total. The Morgan fingerprint density at radius 1 is 1.30 bits per heavy atom. The Labute approximate surface area is 136 Å². The number of rotatable bonds is 5. The van der Waals surface area contributed by atoms with Crippen LogP contribution in [0.25, 0.3) is 0 Å². The van der Waals surface area contributed by atoms with Crippen LogP contribution in [-0.2, 0) is 16.2 Å². The molecule has 0 radical (unpaired) electrons. The number of benzene rings is 1. The van der Waals surface area contributed by atoms with E-state index < -0.39 is 6.09 Å². The Kier molecular flexibility index (Phi) is 5.95. The summed E-state index contributed by atoms with van der Waals surface area (Å²) in [7, 11) is 2.94. The number of hydrogen-bond donors (Lipinski definition) is 1. The molecule has 1 heterocycles. The van der Waals surface area contributed by atoms with E-state index in [0.29, 0.717) is 19.6 Å². The largest absolute Gasteiger partial charge is 0.465 e. The third kappa shape index (κ3) is 4.67. The summed E-state index contributed by atoms with van der Waals surface area (Å²) in [6, 6.07) is 9.66. The SMILES string of the molecule is CON(C)C(=O)CC1CN(Cc2ccccc2)CCN1C(=O)O. The van der Waals surface area contributed by atoms with Gasteiger partial charge in [0.05, 0.1) is 19.6 Å². The highest BCUT2D eigenvalue weighted by Crippen LogP contribution is 2.17. The molecule has 1 N–H and O–H groups in total. The summed E-state index contributed by atoms with van der Waals surface area (Å²) in [4.78, 5) is 31.8. The van der Waals surface area contributed by atoms with Gasteiger partial charge in [-0.15, -0.1) is 0 Å². The molecular formula is C16H23N3O4. The molecular weight excluding hydrogens is 298 g/mol. The third-order valence-electron chi connectivity index (χ3n) is 4.10. The fourth-order valence-electron chi connectivity index (χ4n) is 2.76. The van der Waals surface area contributed by atoms with E-state index in [1.807, 2.05) is 30.3 Å². The first-order valence-corrected chi connectivity index (χ1v) is 7.57. The molecule has 0 aromatic heterocycles. The maximum Gasteiger partial charge on any atom is 0.407 e. The second-order valence-electron chi connectivity index (χ2n) is 5.63. The minimum atomic E-state index is -0.984. The lowest BCUT2D eigenvalue weighted by Gasteiger charge is -2.40. The van der Waals surface area contributed by atoms with E-state index in [1.165, 1.54) is 24.6 Å². The standard InChI is InChI=1S/C16H23N3O4/c1-17(23-2)15(20)10-14-12-18(8-9-19(14)16(21)22)11-13-6-4-3-5-7-13/h3-7,14H,8-12H2,1-2H3,(H,21,22). The predicted molar refractivity (Wildman–Crippen MR) is 84.6 cm³/mol. The first-order valence-electron chi connectivity index (χ1n) is 7.57. The van der Waals surface area contributed by atoms with Crippen molar-refractivity contribution in [2.75, 3.05) is 33.8 Å². The Bertz CT molecular complexity index is 537. The average molecular weight is 321 g/mol. The van der Waals surface area contributed by atoms with Crippen LogP contribution in [0.1, 0.15) is 12.0 Å². The molecule has 1 fully saturated rings. The van der Waals surface area contributed by atoms with Crippen molar-refractivity contribution in [1.29, 1.82) is 0 Å². The summed E-state index contributed by atoms with van der Waals surface area (Å²) in [6.45, 7) is 2.34. The zero-order valence-electron chi connectivity index (χ0n) is 13.5. The van der Waals surface area contributed by atoms with Gasteiger partial charge in [-0.05, 0) is 5.56 Å². The van der Waals surface area contributed by atoms with Crippen LogP contribution >= 0.6 is 0 Å². The van der Waals surface area contributed by atoms with Gasteiger partial charge in [-0.2, -0.15) is 0 Å². The van der Waals surface area contributed by atoms with Gasteiger partial charge >= 0.3 is 6.09 Å². The Morgan fingerprint density at radius 3 is 2.61 bits per heavy atom. The zero-order valence-corrected chi connectivity index (χ0v) is 13.5. The maximum atomic E-state index is 12.0. The van der Waals surface area contributed by atoms with Crippen molar-refractivity contribution < 1.29 is 19.5 Å². The molecule has 1 aromatic carbocycles. The van der Waals surface area contributed by atoms with Crippen LogP contribution in [-0.4, -0.2) is 71.8 Å². The van der Waals surface area contributed by atoms with E-state index in [-0.39, 0.29) is 18.4 Å². The van der Waals surface area contributed by atoms with Crippen LogP contribution in [0.15, 0.2) is 30.3 Å². The maximum absolute atomic E-state index is 12.0. The molecule has 1 aromatic rings. The van der Waals surface area contributed by atoms with Gasteiger partial charge in [0.15, 0.2) is 0 Å². The van der Waals surface area contributed by atoms with Crippen LogP contribution in [0.5, 0.6) is 0 Å². The zero-order chi connectivity index (χ0) is 16.8. The second-order valence-corrected chi connectivity index (χ2v) is 5.63. The molecule has 1 atom stereocenters. The van der Waals surface area contributed by atoms with Crippen molar-refractivity contribution in [1.82, 2.24) is 14.9 Å². The summed E-state index contributed by atoms with van der Waals surface area (Å²) >= 11 is 0. The Morgan fingerprint density at radius 2 is 2.00 bits per heavy atom. The number of hydroxylamine groups is 2. The van der Waals surface area contributed by atoms with Gasteiger partial charge in [0, 0.05) is 33.2 Å². The lowest BCUT2D eigenvalue weighted by Crippen LogP contribution is -2.55. The van der Waals surface area contributed by atoms with Crippen LogP contribution in [0.3, 0.4) is 0 Å². The van der Waals surface area contributed by atoms with Crippen molar-refractivity contribution in [3.05, 3.63) is 35.9 Å². The van der Waals surface area contributed by atoms with Crippen molar-refractivity contribution in [3.63, 3.8) is 0 Å². The van der Waals surface area contributed by atoms with E-state index in [1.54, 1.807) is 0 Å². The Balaban J connectivity index is 2.02. The van der Waals surface area contributed by atoms with E-state index in [4.69, 9.17) is 4.84 Å². The third-order valence-corrected chi connectivity index (χ3v) is 4.10. The number of carboxylic acid groups (broad SMARTS) is 1. The van der Waals surface area contributed by atoms with Crippen LogP contribution in [0.2, 0.25) is 0 Å². The van der Waals surface area contributed by atoms with Crippen LogP contribution < -0.4 is 0 Å². The highest BCUT2D eigenvalue weighted by Gasteiger charge is 2.32.